The molecule has 0 aliphatic carbocycles. The van der Waals surface area contributed by atoms with Crippen LogP contribution in [0.2, 0.25) is 0 Å². The van der Waals surface area contributed by atoms with Crippen LogP contribution in [0.5, 0.6) is 5.75 Å². The van der Waals surface area contributed by atoms with Crippen molar-refractivity contribution in [3.63, 3.8) is 0 Å². The number of ether oxygens (including phenoxy) is 1. The van der Waals surface area contributed by atoms with Crippen molar-refractivity contribution in [2.75, 3.05) is 33.3 Å². The SMILES string of the molecule is Cc1ccc(OCCN(C)CC(=O)N2CCCC2c2cccs2)cc1. The average molecular weight is 359 g/mol. The molecule has 1 fully saturated rings. The number of likely N-dealkylation sites (tertiary alicyclic amines) is 1. The van der Waals surface area contributed by atoms with Gasteiger partial charge in [-0.3, -0.25) is 9.69 Å². The maximum atomic E-state index is 12.7. The number of benzene rings is 1. The van der Waals surface area contributed by atoms with Crippen LogP contribution in [0.3, 0.4) is 0 Å². The summed E-state index contributed by atoms with van der Waals surface area (Å²) in [4.78, 5) is 18.1. The highest BCUT2D eigenvalue weighted by molar-refractivity contribution is 7.10. The highest BCUT2D eigenvalue weighted by Crippen LogP contribution is 2.34. The van der Waals surface area contributed by atoms with Crippen LogP contribution in [0.15, 0.2) is 41.8 Å². The van der Waals surface area contributed by atoms with E-state index in [0.717, 1.165) is 31.7 Å². The van der Waals surface area contributed by atoms with Crippen molar-refractivity contribution in [3.8, 4) is 5.75 Å². The second kappa shape index (κ2) is 8.50. The first kappa shape index (κ1) is 18.0. The highest BCUT2D eigenvalue weighted by Gasteiger charge is 2.30. The Morgan fingerprint density at radius 2 is 2.12 bits per heavy atom. The summed E-state index contributed by atoms with van der Waals surface area (Å²) < 4.78 is 5.75. The van der Waals surface area contributed by atoms with Crippen LogP contribution >= 0.6 is 11.3 Å². The molecule has 0 N–H and O–H groups in total. The zero-order chi connectivity index (χ0) is 17.6. The number of likely N-dealkylation sites (N-methyl/N-ethyl adjacent to an activating group) is 1. The molecule has 1 aliphatic rings. The maximum Gasteiger partial charge on any atom is 0.237 e. The van der Waals surface area contributed by atoms with E-state index in [1.54, 1.807) is 11.3 Å². The quantitative estimate of drug-likeness (QED) is 0.756. The summed E-state index contributed by atoms with van der Waals surface area (Å²) in [5.74, 6) is 1.09. The number of amides is 1. The molecule has 1 atom stereocenters. The Kier molecular flexibility index (Phi) is 6.10. The van der Waals surface area contributed by atoms with Crippen molar-refractivity contribution in [1.29, 1.82) is 0 Å². The average Bonchev–Trinajstić information content (AvgIpc) is 3.27. The fourth-order valence-electron chi connectivity index (χ4n) is 3.20. The van der Waals surface area contributed by atoms with E-state index >= 15 is 0 Å². The van der Waals surface area contributed by atoms with Crippen LogP contribution in [0.25, 0.3) is 0 Å². The van der Waals surface area contributed by atoms with Crippen molar-refractivity contribution in [3.05, 3.63) is 52.2 Å². The minimum atomic E-state index is 0.216. The molecule has 0 spiro atoms. The molecule has 1 aliphatic heterocycles. The Morgan fingerprint density at radius 3 is 2.84 bits per heavy atom. The summed E-state index contributed by atoms with van der Waals surface area (Å²) >= 11 is 1.75. The van der Waals surface area contributed by atoms with Crippen LogP contribution in [0.1, 0.15) is 29.3 Å². The molecule has 1 unspecified atom stereocenters. The molecule has 0 saturated carbocycles. The molecule has 1 aromatic heterocycles. The van der Waals surface area contributed by atoms with Gasteiger partial charge in [-0.25, -0.2) is 0 Å². The molecule has 2 aromatic rings. The number of nitrogens with zero attached hydrogens (tertiary/aromatic N) is 2. The van der Waals surface area contributed by atoms with Gasteiger partial charge in [-0.2, -0.15) is 0 Å². The van der Waals surface area contributed by atoms with E-state index in [2.05, 4.69) is 24.4 Å². The monoisotopic (exact) mass is 358 g/mol. The second-order valence-corrected chi connectivity index (χ2v) is 7.64. The van der Waals surface area contributed by atoms with E-state index in [1.165, 1.54) is 10.4 Å². The van der Waals surface area contributed by atoms with Crippen molar-refractivity contribution in [1.82, 2.24) is 9.80 Å². The Morgan fingerprint density at radius 1 is 1.32 bits per heavy atom. The molecule has 2 heterocycles. The molecule has 25 heavy (non-hydrogen) atoms. The first-order valence-electron chi connectivity index (χ1n) is 8.84. The van der Waals surface area contributed by atoms with Crippen LogP contribution in [0.4, 0.5) is 0 Å². The maximum absolute atomic E-state index is 12.7. The van der Waals surface area contributed by atoms with Gasteiger partial charge in [-0.05, 0) is 50.4 Å². The van der Waals surface area contributed by atoms with E-state index in [9.17, 15) is 4.79 Å². The molecule has 0 radical (unpaired) electrons. The van der Waals surface area contributed by atoms with Crippen LogP contribution in [-0.4, -0.2) is 49.0 Å². The third kappa shape index (κ3) is 4.83. The molecule has 1 aromatic carbocycles. The van der Waals surface area contributed by atoms with Gasteiger partial charge in [0.2, 0.25) is 5.91 Å². The fourth-order valence-corrected chi connectivity index (χ4v) is 4.07. The predicted octanol–water partition coefficient (Wildman–Crippen LogP) is 3.73. The minimum Gasteiger partial charge on any atom is -0.492 e. The van der Waals surface area contributed by atoms with E-state index in [1.807, 2.05) is 41.1 Å². The summed E-state index contributed by atoms with van der Waals surface area (Å²) in [6.07, 6.45) is 2.17. The zero-order valence-corrected chi connectivity index (χ0v) is 15.8. The van der Waals surface area contributed by atoms with E-state index in [0.29, 0.717) is 13.2 Å². The van der Waals surface area contributed by atoms with Gasteiger partial charge in [0.1, 0.15) is 12.4 Å². The topological polar surface area (TPSA) is 32.8 Å². The number of hydrogen-bond acceptors (Lipinski definition) is 4. The lowest BCUT2D eigenvalue weighted by Crippen LogP contribution is -2.39. The normalized spacial score (nSPS) is 17.2. The molecule has 134 valence electrons. The summed E-state index contributed by atoms with van der Waals surface area (Å²) in [5.41, 5.74) is 1.22. The lowest BCUT2D eigenvalue weighted by atomic mass is 10.2. The van der Waals surface area contributed by atoms with Crippen molar-refractivity contribution < 1.29 is 9.53 Å². The Hall–Kier alpha value is -1.85. The van der Waals surface area contributed by atoms with Gasteiger partial charge in [0.25, 0.3) is 0 Å². The molecule has 1 amide bonds. The van der Waals surface area contributed by atoms with Gasteiger partial charge in [-0.15, -0.1) is 11.3 Å². The number of hydrogen-bond donors (Lipinski definition) is 0. The van der Waals surface area contributed by atoms with Crippen LogP contribution in [0, 0.1) is 6.92 Å². The third-order valence-corrected chi connectivity index (χ3v) is 5.59. The minimum absolute atomic E-state index is 0.216. The van der Waals surface area contributed by atoms with Gasteiger partial charge in [0, 0.05) is 18.0 Å². The number of rotatable bonds is 7. The molecular weight excluding hydrogens is 332 g/mol. The summed E-state index contributed by atoms with van der Waals surface area (Å²) in [5, 5.41) is 2.09. The molecule has 4 nitrogen and oxygen atoms in total. The molecule has 1 saturated heterocycles. The van der Waals surface area contributed by atoms with Crippen molar-refractivity contribution >= 4 is 17.2 Å². The second-order valence-electron chi connectivity index (χ2n) is 6.66. The highest BCUT2D eigenvalue weighted by atomic mass is 32.1. The van der Waals surface area contributed by atoms with Crippen molar-refractivity contribution in [2.45, 2.75) is 25.8 Å². The number of carbonyl (C=O) groups is 1. The van der Waals surface area contributed by atoms with Crippen molar-refractivity contribution in [2.24, 2.45) is 0 Å². The van der Waals surface area contributed by atoms with Crippen LogP contribution < -0.4 is 4.74 Å². The summed E-state index contributed by atoms with van der Waals surface area (Å²) in [6, 6.07) is 12.5. The van der Waals surface area contributed by atoms with Gasteiger partial charge in [0.05, 0.1) is 12.6 Å². The number of carbonyl (C=O) groups excluding carboxylic acids is 1. The number of thiophene rings is 1. The van der Waals surface area contributed by atoms with Crippen LogP contribution in [-0.2, 0) is 4.79 Å². The Labute approximate surface area is 154 Å². The lowest BCUT2D eigenvalue weighted by molar-refractivity contribution is -0.133. The lowest BCUT2D eigenvalue weighted by Gasteiger charge is -2.26. The van der Waals surface area contributed by atoms with E-state index in [-0.39, 0.29) is 11.9 Å². The summed E-state index contributed by atoms with van der Waals surface area (Å²) in [6.45, 7) is 4.69. The van der Waals surface area contributed by atoms with Gasteiger partial charge >= 0.3 is 0 Å². The molecular formula is C20H26N2O2S. The molecule has 3 rings (SSSR count). The van der Waals surface area contributed by atoms with E-state index < -0.39 is 0 Å². The Bertz CT molecular complexity index is 670. The van der Waals surface area contributed by atoms with Gasteiger partial charge < -0.3 is 9.64 Å². The predicted molar refractivity (Wildman–Crippen MR) is 102 cm³/mol. The zero-order valence-electron chi connectivity index (χ0n) is 15.0. The largest absolute Gasteiger partial charge is 0.492 e. The standard InChI is InChI=1S/C20H26N2O2S/c1-16-7-9-17(10-8-16)24-13-12-21(2)15-20(23)22-11-3-5-18(22)19-6-4-14-25-19/h4,6-10,14,18H,3,5,11-13,15H2,1-2H3. The van der Waals surface area contributed by atoms with Gasteiger partial charge in [-0.1, -0.05) is 23.8 Å². The summed E-state index contributed by atoms with van der Waals surface area (Å²) in [7, 11) is 1.98. The molecule has 0 bridgehead atoms. The molecule has 5 heteroatoms. The van der Waals surface area contributed by atoms with E-state index in [4.69, 9.17) is 4.74 Å². The first-order chi connectivity index (χ1) is 12.1. The van der Waals surface area contributed by atoms with Gasteiger partial charge in [0.15, 0.2) is 0 Å². The fraction of sp³-hybridized carbons (Fsp3) is 0.450. The first-order valence-corrected chi connectivity index (χ1v) is 9.72. The Balaban J connectivity index is 1.44. The number of aryl methyl sites for hydroxylation is 1. The third-order valence-electron chi connectivity index (χ3n) is 4.61. The smallest absolute Gasteiger partial charge is 0.237 e.